The van der Waals surface area contributed by atoms with Crippen LogP contribution in [0.1, 0.15) is 40.9 Å². The lowest BCUT2D eigenvalue weighted by Gasteiger charge is -2.34. The number of halogens is 3. The van der Waals surface area contributed by atoms with Crippen LogP contribution in [0.15, 0.2) is 6.07 Å². The Morgan fingerprint density at radius 2 is 1.64 bits per heavy atom. The number of carbonyl (C=O) groups excluding carboxylic acids is 2. The van der Waals surface area contributed by atoms with Gasteiger partial charge in [-0.3, -0.25) is 13.9 Å². The molecule has 0 aliphatic carbocycles. The van der Waals surface area contributed by atoms with Gasteiger partial charge in [0.15, 0.2) is 0 Å². The van der Waals surface area contributed by atoms with Gasteiger partial charge in [0, 0.05) is 18.7 Å². The second-order valence-corrected chi connectivity index (χ2v) is 10.4. The number of sulfonamides is 1. The van der Waals surface area contributed by atoms with Gasteiger partial charge in [0.25, 0.3) is 5.91 Å². The van der Waals surface area contributed by atoms with E-state index in [9.17, 15) is 31.2 Å². The summed E-state index contributed by atoms with van der Waals surface area (Å²) in [6.45, 7) is 7.73. The molecule has 0 saturated carbocycles. The lowest BCUT2D eigenvalue weighted by atomic mass is 9.92. The molecule has 0 spiro atoms. The van der Waals surface area contributed by atoms with Crippen molar-refractivity contribution in [2.75, 3.05) is 44.3 Å². The number of hydrogen-bond donors (Lipinski definition) is 0. The zero-order chi connectivity index (χ0) is 25.4. The molecule has 0 bridgehead atoms. The first-order valence-electron chi connectivity index (χ1n) is 10.2. The van der Waals surface area contributed by atoms with Crippen molar-refractivity contribution in [2.24, 2.45) is 5.41 Å². The number of nitrogens with zero attached hydrogens (tertiary/aromatic N) is 2. The number of rotatable bonds is 6. The molecule has 0 radical (unpaired) electrons. The molecule has 33 heavy (non-hydrogen) atoms. The first-order valence-corrected chi connectivity index (χ1v) is 11.7. The Morgan fingerprint density at radius 1 is 1.09 bits per heavy atom. The van der Waals surface area contributed by atoms with Crippen molar-refractivity contribution in [3.05, 3.63) is 28.3 Å². The van der Waals surface area contributed by atoms with Crippen LogP contribution < -0.4 is 4.31 Å². The van der Waals surface area contributed by atoms with Gasteiger partial charge in [-0.1, -0.05) is 0 Å². The predicted octanol–water partition coefficient (Wildman–Crippen LogP) is 2.94. The van der Waals surface area contributed by atoms with Crippen molar-refractivity contribution in [3.8, 4) is 0 Å². The van der Waals surface area contributed by atoms with Gasteiger partial charge < -0.3 is 14.4 Å². The van der Waals surface area contributed by atoms with Crippen molar-refractivity contribution < 1.29 is 40.7 Å². The molecular formula is C21H29F3N2O6S. The number of amides is 1. The molecule has 1 aromatic rings. The van der Waals surface area contributed by atoms with E-state index in [1.807, 2.05) is 0 Å². The van der Waals surface area contributed by atoms with Gasteiger partial charge in [-0.2, -0.15) is 21.6 Å². The van der Waals surface area contributed by atoms with Crippen molar-refractivity contribution in [2.45, 2.75) is 40.1 Å². The molecule has 0 unspecified atom stereocenters. The molecule has 1 saturated heterocycles. The molecule has 1 aromatic carbocycles. The summed E-state index contributed by atoms with van der Waals surface area (Å²) in [7, 11) is -4.84. The smallest absolute Gasteiger partial charge is 0.469 e. The third-order valence-corrected chi connectivity index (χ3v) is 7.34. The summed E-state index contributed by atoms with van der Waals surface area (Å²) >= 11 is 0. The quantitative estimate of drug-likeness (QED) is 0.565. The molecule has 1 aliphatic heterocycles. The highest BCUT2D eigenvalue weighted by Crippen LogP contribution is 2.38. The average molecular weight is 495 g/mol. The second-order valence-electron chi connectivity index (χ2n) is 8.56. The molecule has 1 heterocycles. The molecule has 12 heteroatoms. The molecule has 0 atom stereocenters. The predicted molar refractivity (Wildman–Crippen MR) is 115 cm³/mol. The molecule has 2 rings (SSSR count). The highest BCUT2D eigenvalue weighted by molar-refractivity contribution is 7.93. The monoisotopic (exact) mass is 494 g/mol. The lowest BCUT2D eigenvalue weighted by molar-refractivity contribution is -0.150. The lowest BCUT2D eigenvalue weighted by Crippen LogP contribution is -2.48. The van der Waals surface area contributed by atoms with Gasteiger partial charge in [0.2, 0.25) is 0 Å². The van der Waals surface area contributed by atoms with Crippen LogP contribution >= 0.6 is 0 Å². The third-order valence-electron chi connectivity index (χ3n) is 5.85. The van der Waals surface area contributed by atoms with Gasteiger partial charge in [-0.15, -0.1) is 0 Å². The summed E-state index contributed by atoms with van der Waals surface area (Å²) in [5, 5.41) is 0. The van der Waals surface area contributed by atoms with E-state index in [-0.39, 0.29) is 21.1 Å². The van der Waals surface area contributed by atoms with Crippen LogP contribution in [0, 0.1) is 26.2 Å². The number of hydrogen-bond acceptors (Lipinski definition) is 6. The first-order chi connectivity index (χ1) is 15.1. The van der Waals surface area contributed by atoms with Crippen LogP contribution in [-0.2, 0) is 24.3 Å². The van der Waals surface area contributed by atoms with E-state index in [1.54, 1.807) is 13.8 Å². The summed E-state index contributed by atoms with van der Waals surface area (Å²) in [5.74, 6) is -1.31. The van der Waals surface area contributed by atoms with E-state index in [0.717, 1.165) is 13.2 Å². The van der Waals surface area contributed by atoms with Gasteiger partial charge in [-0.05, 0) is 57.4 Å². The Labute approximate surface area is 191 Å². The molecular weight excluding hydrogens is 465 g/mol. The minimum Gasteiger partial charge on any atom is -0.469 e. The Kier molecular flexibility index (Phi) is 7.74. The van der Waals surface area contributed by atoms with Crippen LogP contribution in [-0.4, -0.2) is 70.7 Å². The third kappa shape index (κ3) is 5.26. The number of methoxy groups -OCH3 is 1. The molecule has 0 aromatic heterocycles. The Balaban J connectivity index is 2.73. The number of carbonyl (C=O) groups is 2. The molecule has 186 valence electrons. The zero-order valence-corrected chi connectivity index (χ0v) is 20.3. The SMILES string of the molecule is COC(=O)C(C)(C)CN(c1cc(C(=O)N2CCOCC2)c(C)c(C)c1C)S(=O)(=O)C(F)(F)F. The Bertz CT molecular complexity index is 1030. The Hall–Kier alpha value is -2.34. The number of anilines is 1. The highest BCUT2D eigenvalue weighted by atomic mass is 32.2. The number of esters is 1. The van der Waals surface area contributed by atoms with Crippen LogP contribution in [0.3, 0.4) is 0 Å². The van der Waals surface area contributed by atoms with Gasteiger partial charge in [-0.25, -0.2) is 0 Å². The molecule has 1 fully saturated rings. The van der Waals surface area contributed by atoms with Crippen molar-refractivity contribution in [3.63, 3.8) is 0 Å². The van der Waals surface area contributed by atoms with Gasteiger partial charge >= 0.3 is 21.5 Å². The minimum absolute atomic E-state index is 0.0910. The zero-order valence-electron chi connectivity index (χ0n) is 19.5. The first kappa shape index (κ1) is 26.9. The van der Waals surface area contributed by atoms with E-state index in [2.05, 4.69) is 4.74 Å². The highest BCUT2D eigenvalue weighted by Gasteiger charge is 2.52. The molecule has 8 nitrogen and oxygen atoms in total. The van der Waals surface area contributed by atoms with E-state index >= 15 is 0 Å². The number of ether oxygens (including phenoxy) is 2. The second kappa shape index (κ2) is 9.49. The fourth-order valence-corrected chi connectivity index (χ4v) is 4.76. The van der Waals surface area contributed by atoms with Crippen molar-refractivity contribution >= 4 is 27.6 Å². The summed E-state index contributed by atoms with van der Waals surface area (Å²) < 4.78 is 76.2. The van der Waals surface area contributed by atoms with Crippen LogP contribution in [0.5, 0.6) is 0 Å². The fourth-order valence-electron chi connectivity index (χ4n) is 3.57. The van der Waals surface area contributed by atoms with E-state index < -0.39 is 39.4 Å². The fraction of sp³-hybridized carbons (Fsp3) is 0.619. The average Bonchev–Trinajstić information content (AvgIpc) is 2.75. The number of morpholine rings is 1. The van der Waals surface area contributed by atoms with Crippen LogP contribution in [0.4, 0.5) is 18.9 Å². The standard InChI is InChI=1S/C21H29F3N2O6S/c1-13-14(2)16(18(27)25-7-9-32-10-8-25)11-17(15(13)3)26(33(29,30)21(22,23)24)12-20(4,5)19(28)31-6/h11H,7-10,12H2,1-6H3. The normalized spacial score (nSPS) is 15.4. The summed E-state index contributed by atoms with van der Waals surface area (Å²) in [6.07, 6.45) is 0. The summed E-state index contributed by atoms with van der Waals surface area (Å²) in [6, 6.07) is 1.16. The van der Waals surface area contributed by atoms with E-state index in [4.69, 9.17) is 4.74 Å². The van der Waals surface area contributed by atoms with Crippen LogP contribution in [0.2, 0.25) is 0 Å². The maximum absolute atomic E-state index is 13.7. The topological polar surface area (TPSA) is 93.2 Å². The van der Waals surface area contributed by atoms with Gasteiger partial charge in [0.1, 0.15) is 0 Å². The summed E-state index contributed by atoms with van der Waals surface area (Å²) in [4.78, 5) is 26.8. The Morgan fingerprint density at radius 3 is 2.12 bits per heavy atom. The van der Waals surface area contributed by atoms with Gasteiger partial charge in [0.05, 0.1) is 38.0 Å². The summed E-state index contributed by atoms with van der Waals surface area (Å²) in [5.41, 5.74) is -6.20. The maximum Gasteiger partial charge on any atom is 0.516 e. The number of benzene rings is 1. The van der Waals surface area contributed by atoms with Crippen molar-refractivity contribution in [1.82, 2.24) is 4.90 Å². The number of alkyl halides is 3. The van der Waals surface area contributed by atoms with Crippen molar-refractivity contribution in [1.29, 1.82) is 0 Å². The van der Waals surface area contributed by atoms with E-state index in [1.165, 1.54) is 25.7 Å². The molecule has 1 aliphatic rings. The maximum atomic E-state index is 13.7. The van der Waals surface area contributed by atoms with E-state index in [0.29, 0.717) is 37.4 Å². The largest absolute Gasteiger partial charge is 0.516 e. The molecule has 1 amide bonds. The molecule has 0 N–H and O–H groups in total. The van der Waals surface area contributed by atoms with Crippen LogP contribution in [0.25, 0.3) is 0 Å². The minimum atomic E-state index is -5.91.